The topological polar surface area (TPSA) is 24.4 Å². The van der Waals surface area contributed by atoms with Gasteiger partial charge in [0.05, 0.1) is 23.6 Å². The van der Waals surface area contributed by atoms with Gasteiger partial charge in [0.25, 0.3) is 0 Å². The fourth-order valence-electron chi connectivity index (χ4n) is 6.65. The van der Waals surface area contributed by atoms with Gasteiger partial charge >= 0.3 is 0 Å². The predicted octanol–water partition coefficient (Wildman–Crippen LogP) is 11.2. The van der Waals surface area contributed by atoms with Crippen molar-refractivity contribution in [2.24, 2.45) is 4.99 Å². The summed E-state index contributed by atoms with van der Waals surface area (Å²) in [6, 6.07) is 50.4. The highest BCUT2D eigenvalue weighted by atomic mass is 32.1. The van der Waals surface area contributed by atoms with Crippen molar-refractivity contribution in [3.8, 4) is 22.3 Å². The van der Waals surface area contributed by atoms with Crippen molar-refractivity contribution in [3.05, 3.63) is 145 Å². The molecule has 0 unspecified atom stereocenters. The van der Waals surface area contributed by atoms with Crippen molar-refractivity contribution in [2.45, 2.75) is 0 Å². The molecule has 8 aromatic rings. The maximum absolute atomic E-state index is 5.30. The van der Waals surface area contributed by atoms with E-state index in [1.807, 2.05) is 11.3 Å². The van der Waals surface area contributed by atoms with E-state index in [0.717, 1.165) is 22.6 Å². The van der Waals surface area contributed by atoms with Gasteiger partial charge in [0.2, 0.25) is 0 Å². The number of fused-ring (bicyclic) bond motifs is 9. The van der Waals surface area contributed by atoms with Gasteiger partial charge in [-0.1, -0.05) is 121 Å². The molecule has 7 aromatic carbocycles. The molecule has 0 saturated carbocycles. The van der Waals surface area contributed by atoms with Crippen molar-refractivity contribution < 1.29 is 0 Å². The average molecular weight is 567 g/mol. The summed E-state index contributed by atoms with van der Waals surface area (Å²) >= 11 is 1.88. The van der Waals surface area contributed by atoms with Gasteiger partial charge in [-0.25, -0.2) is 4.99 Å². The normalized spacial score (nSPS) is 12.9. The lowest BCUT2D eigenvalue weighted by Crippen LogP contribution is -2.19. The van der Waals surface area contributed by atoms with Crippen LogP contribution in [0.5, 0.6) is 0 Å². The van der Waals surface area contributed by atoms with Crippen LogP contribution in [0.4, 0.5) is 11.4 Å². The number of nitrogens with zero attached hydrogens (tertiary/aromatic N) is 1. The highest BCUT2D eigenvalue weighted by Gasteiger charge is 2.20. The summed E-state index contributed by atoms with van der Waals surface area (Å²) in [6.07, 6.45) is 0. The zero-order chi connectivity index (χ0) is 28.3. The Morgan fingerprint density at radius 2 is 1.07 bits per heavy atom. The Hall–Kier alpha value is -5.25. The summed E-state index contributed by atoms with van der Waals surface area (Å²) in [4.78, 5) is 5.30. The van der Waals surface area contributed by atoms with Crippen molar-refractivity contribution >= 4 is 70.1 Å². The van der Waals surface area contributed by atoms with Crippen molar-refractivity contribution in [3.63, 3.8) is 0 Å². The van der Waals surface area contributed by atoms with Crippen LogP contribution in [0.1, 0.15) is 5.56 Å². The number of benzene rings is 7. The molecular formula is C40H26N2S. The number of hydrogen-bond acceptors (Lipinski definition) is 3. The van der Waals surface area contributed by atoms with E-state index in [-0.39, 0.29) is 0 Å². The third-order valence-electron chi connectivity index (χ3n) is 8.69. The third-order valence-corrected chi connectivity index (χ3v) is 9.91. The van der Waals surface area contributed by atoms with E-state index in [0.29, 0.717) is 6.54 Å². The van der Waals surface area contributed by atoms with E-state index in [1.165, 1.54) is 64.0 Å². The number of nitrogens with one attached hydrogen (secondary N) is 1. The van der Waals surface area contributed by atoms with E-state index in [4.69, 9.17) is 4.99 Å². The molecule has 2 nitrogen and oxygen atoms in total. The van der Waals surface area contributed by atoms with Crippen molar-refractivity contribution in [1.29, 1.82) is 0 Å². The minimum Gasteiger partial charge on any atom is -0.377 e. The summed E-state index contributed by atoms with van der Waals surface area (Å²) in [5, 5.41) is 11.3. The molecule has 0 atom stereocenters. The molecule has 202 valence electrons. The number of hydrogen-bond donors (Lipinski definition) is 1. The van der Waals surface area contributed by atoms with E-state index in [2.05, 4.69) is 145 Å². The lowest BCUT2D eigenvalue weighted by molar-refractivity contribution is 1.32. The maximum atomic E-state index is 5.30. The Kier molecular flexibility index (Phi) is 5.47. The molecule has 0 spiro atoms. The molecule has 0 amide bonds. The van der Waals surface area contributed by atoms with Crippen LogP contribution in [0.3, 0.4) is 0 Å². The lowest BCUT2D eigenvalue weighted by atomic mass is 9.95. The molecule has 1 aromatic heterocycles. The van der Waals surface area contributed by atoms with Crippen LogP contribution in [0.15, 0.2) is 145 Å². The molecule has 43 heavy (non-hydrogen) atoms. The zero-order valence-electron chi connectivity index (χ0n) is 23.3. The predicted molar refractivity (Wildman–Crippen MR) is 186 cm³/mol. The van der Waals surface area contributed by atoms with Gasteiger partial charge in [0, 0.05) is 30.9 Å². The summed E-state index contributed by atoms with van der Waals surface area (Å²) in [7, 11) is 0. The monoisotopic (exact) mass is 566 g/mol. The Labute approximate surface area is 253 Å². The highest BCUT2D eigenvalue weighted by molar-refractivity contribution is 7.26. The smallest absolute Gasteiger partial charge is 0.0950 e. The second-order valence-electron chi connectivity index (χ2n) is 11.2. The minimum atomic E-state index is 0.687. The molecule has 1 aliphatic rings. The molecule has 0 bridgehead atoms. The summed E-state index contributed by atoms with van der Waals surface area (Å²) in [5.74, 6) is 0. The molecular weight excluding hydrogens is 541 g/mol. The van der Waals surface area contributed by atoms with Crippen LogP contribution in [0.2, 0.25) is 0 Å². The van der Waals surface area contributed by atoms with Gasteiger partial charge in [-0.15, -0.1) is 11.3 Å². The second-order valence-corrected chi connectivity index (χ2v) is 12.2. The first-order chi connectivity index (χ1) is 21.3. The quantitative estimate of drug-likeness (QED) is 0.211. The van der Waals surface area contributed by atoms with Crippen LogP contribution < -0.4 is 5.32 Å². The number of aliphatic imine (C=N–C) groups is 1. The summed E-state index contributed by atoms with van der Waals surface area (Å²) in [6.45, 7) is 0.687. The molecule has 0 radical (unpaired) electrons. The highest BCUT2D eigenvalue weighted by Crippen LogP contribution is 2.44. The van der Waals surface area contributed by atoms with Gasteiger partial charge < -0.3 is 5.32 Å². The Bertz CT molecular complexity index is 2410. The molecule has 0 saturated heterocycles. The van der Waals surface area contributed by atoms with Gasteiger partial charge in [0.15, 0.2) is 0 Å². The van der Waals surface area contributed by atoms with Crippen LogP contribution in [-0.4, -0.2) is 12.3 Å². The molecule has 0 fully saturated rings. The van der Waals surface area contributed by atoms with E-state index in [9.17, 15) is 0 Å². The van der Waals surface area contributed by atoms with Crippen LogP contribution in [-0.2, 0) is 0 Å². The first-order valence-corrected chi connectivity index (χ1v) is 15.5. The SMILES string of the molecule is c1cc(C2=Nc3c(c4ccccc4c4ccccc34)NC2)cc(-c2cccc(-c3cccc4c3sc3ccccc34)c2)c1. The third kappa shape index (κ3) is 3.89. The maximum Gasteiger partial charge on any atom is 0.0950 e. The average Bonchev–Trinajstić information content (AvgIpc) is 3.47. The first-order valence-electron chi connectivity index (χ1n) is 14.7. The Balaban J connectivity index is 1.14. The van der Waals surface area contributed by atoms with Crippen LogP contribution in [0.25, 0.3) is 64.0 Å². The Morgan fingerprint density at radius 1 is 0.488 bits per heavy atom. The fourth-order valence-corrected chi connectivity index (χ4v) is 7.89. The van der Waals surface area contributed by atoms with Gasteiger partial charge in [-0.2, -0.15) is 0 Å². The standard InChI is InChI=1S/C40H26N2S/c1-3-17-33-30(14-1)31-15-2-4-18-34(31)39-38(33)41-24-36(42-39)28-13-8-11-26(23-28)25-10-7-12-27(22-25)29-19-9-20-35-32-16-5-6-21-37(32)43-40(29)35/h1-23,41H,24H2. The lowest BCUT2D eigenvalue weighted by Gasteiger charge is -2.22. The van der Waals surface area contributed by atoms with E-state index >= 15 is 0 Å². The van der Waals surface area contributed by atoms with Gasteiger partial charge in [-0.05, 0) is 56.8 Å². The first kappa shape index (κ1) is 24.4. The van der Waals surface area contributed by atoms with E-state index < -0.39 is 0 Å². The summed E-state index contributed by atoms with van der Waals surface area (Å²) < 4.78 is 2.67. The van der Waals surface area contributed by atoms with Crippen molar-refractivity contribution in [2.75, 3.05) is 11.9 Å². The molecule has 2 heterocycles. The molecule has 0 aliphatic carbocycles. The number of rotatable bonds is 3. The van der Waals surface area contributed by atoms with Crippen LogP contribution >= 0.6 is 11.3 Å². The fraction of sp³-hybridized carbons (Fsp3) is 0.0250. The molecule has 3 heteroatoms. The second kappa shape index (κ2) is 9.65. The van der Waals surface area contributed by atoms with Crippen molar-refractivity contribution in [1.82, 2.24) is 0 Å². The van der Waals surface area contributed by atoms with Gasteiger partial charge in [0.1, 0.15) is 0 Å². The van der Waals surface area contributed by atoms with Crippen LogP contribution in [0, 0.1) is 0 Å². The number of thiophene rings is 1. The molecule has 9 rings (SSSR count). The minimum absolute atomic E-state index is 0.687. The Morgan fingerprint density at radius 3 is 1.88 bits per heavy atom. The molecule has 1 aliphatic heterocycles. The van der Waals surface area contributed by atoms with E-state index in [1.54, 1.807) is 0 Å². The summed E-state index contributed by atoms with van der Waals surface area (Å²) in [5.41, 5.74) is 9.28. The zero-order valence-corrected chi connectivity index (χ0v) is 24.2. The molecule has 1 N–H and O–H groups in total. The number of anilines is 1. The van der Waals surface area contributed by atoms with Gasteiger partial charge in [-0.3, -0.25) is 0 Å². The largest absolute Gasteiger partial charge is 0.377 e.